The molecular formula is C12H20N2O3S. The summed E-state index contributed by atoms with van der Waals surface area (Å²) < 4.78 is 4.61. The molecule has 0 aromatic rings. The molecule has 2 aliphatic rings. The van der Waals surface area contributed by atoms with Crippen molar-refractivity contribution in [2.75, 3.05) is 19.9 Å². The fourth-order valence-electron chi connectivity index (χ4n) is 2.59. The molecule has 2 amide bonds. The Bertz CT molecular complexity index is 337. The summed E-state index contributed by atoms with van der Waals surface area (Å²) in [5, 5.41) is 3.54. The summed E-state index contributed by atoms with van der Waals surface area (Å²) in [4.78, 5) is 24.3. The van der Waals surface area contributed by atoms with E-state index < -0.39 is 0 Å². The largest absolute Gasteiger partial charge is 0.469 e. The lowest BCUT2D eigenvalue weighted by Gasteiger charge is -2.17. The van der Waals surface area contributed by atoms with E-state index in [1.165, 1.54) is 7.11 Å². The number of carbonyl (C=O) groups is 2. The maximum Gasteiger partial charge on any atom is 0.317 e. The number of carbonyl (C=O) groups excluding carboxylic acids is 2. The van der Waals surface area contributed by atoms with Crippen molar-refractivity contribution < 1.29 is 14.3 Å². The molecule has 2 saturated heterocycles. The zero-order valence-corrected chi connectivity index (χ0v) is 11.7. The fourth-order valence-corrected chi connectivity index (χ4v) is 4.26. The molecule has 0 spiro atoms. The van der Waals surface area contributed by atoms with E-state index >= 15 is 0 Å². The van der Waals surface area contributed by atoms with E-state index in [2.05, 4.69) is 10.1 Å². The van der Waals surface area contributed by atoms with E-state index in [4.69, 9.17) is 0 Å². The van der Waals surface area contributed by atoms with Crippen LogP contribution in [0.2, 0.25) is 0 Å². The summed E-state index contributed by atoms with van der Waals surface area (Å²) in [7, 11) is 3.28. The molecule has 0 aliphatic carbocycles. The molecule has 2 fully saturated rings. The molecule has 0 aromatic heterocycles. The van der Waals surface area contributed by atoms with Crippen molar-refractivity contribution in [1.82, 2.24) is 10.2 Å². The summed E-state index contributed by atoms with van der Waals surface area (Å²) in [5.41, 5.74) is 0. The van der Waals surface area contributed by atoms with Gasteiger partial charge in [0.2, 0.25) is 0 Å². The maximum absolute atomic E-state index is 11.5. The summed E-state index contributed by atoms with van der Waals surface area (Å²) in [6.07, 6.45) is 3.42. The highest BCUT2D eigenvalue weighted by molar-refractivity contribution is 8.00. The first-order valence-corrected chi connectivity index (χ1v) is 7.40. The third-order valence-electron chi connectivity index (χ3n) is 3.75. The highest BCUT2D eigenvalue weighted by Crippen LogP contribution is 2.36. The van der Waals surface area contributed by atoms with Crippen molar-refractivity contribution in [2.45, 2.75) is 43.0 Å². The number of methoxy groups -OCH3 is 1. The van der Waals surface area contributed by atoms with Crippen molar-refractivity contribution in [3.05, 3.63) is 0 Å². The number of unbranched alkanes of at least 4 members (excludes halogenated alkanes) is 1. The van der Waals surface area contributed by atoms with E-state index in [9.17, 15) is 9.59 Å². The number of hydrogen-bond donors (Lipinski definition) is 1. The van der Waals surface area contributed by atoms with Crippen LogP contribution in [0.1, 0.15) is 25.7 Å². The Morgan fingerprint density at radius 3 is 3.06 bits per heavy atom. The Balaban J connectivity index is 1.72. The van der Waals surface area contributed by atoms with Gasteiger partial charge in [-0.05, 0) is 12.8 Å². The number of hydrogen-bond acceptors (Lipinski definition) is 4. The minimum Gasteiger partial charge on any atom is -0.469 e. The number of nitrogens with zero attached hydrogens (tertiary/aromatic N) is 1. The average molecular weight is 272 g/mol. The first-order valence-electron chi connectivity index (χ1n) is 6.35. The van der Waals surface area contributed by atoms with Gasteiger partial charge in [-0.2, -0.15) is 11.8 Å². The molecule has 0 saturated carbocycles. The second-order valence-electron chi connectivity index (χ2n) is 4.85. The quantitative estimate of drug-likeness (QED) is 0.464. The van der Waals surface area contributed by atoms with Crippen LogP contribution in [0.4, 0.5) is 4.79 Å². The number of amides is 2. The van der Waals surface area contributed by atoms with Gasteiger partial charge in [0, 0.05) is 24.5 Å². The third-order valence-corrected chi connectivity index (χ3v) is 5.24. The first kappa shape index (κ1) is 13.5. The summed E-state index contributed by atoms with van der Waals surface area (Å²) >= 11 is 1.93. The topological polar surface area (TPSA) is 58.6 Å². The highest BCUT2D eigenvalue weighted by atomic mass is 32.2. The molecule has 2 heterocycles. The number of thioether (sulfide) groups is 1. The van der Waals surface area contributed by atoms with Crippen LogP contribution >= 0.6 is 11.8 Å². The molecule has 2 rings (SSSR count). The zero-order valence-electron chi connectivity index (χ0n) is 10.8. The lowest BCUT2D eigenvalue weighted by molar-refractivity contribution is -0.140. The average Bonchev–Trinajstić information content (AvgIpc) is 2.87. The minimum atomic E-state index is -0.138. The molecule has 5 nitrogen and oxygen atoms in total. The minimum absolute atomic E-state index is 0.0462. The molecule has 1 N–H and O–H groups in total. The summed E-state index contributed by atoms with van der Waals surface area (Å²) in [6.45, 7) is 0. The van der Waals surface area contributed by atoms with Crippen LogP contribution < -0.4 is 5.32 Å². The number of ether oxygens (including phenoxy) is 1. The van der Waals surface area contributed by atoms with Crippen molar-refractivity contribution >= 4 is 23.8 Å². The van der Waals surface area contributed by atoms with Gasteiger partial charge in [0.1, 0.15) is 0 Å². The van der Waals surface area contributed by atoms with Crippen LogP contribution in [-0.4, -0.2) is 54.1 Å². The van der Waals surface area contributed by atoms with Crippen LogP contribution in [0.25, 0.3) is 0 Å². The Kier molecular flexibility index (Phi) is 4.37. The number of rotatable bonds is 5. The Morgan fingerprint density at radius 1 is 1.56 bits per heavy atom. The smallest absolute Gasteiger partial charge is 0.317 e. The monoisotopic (exact) mass is 272 g/mol. The van der Waals surface area contributed by atoms with Gasteiger partial charge in [-0.25, -0.2) is 4.79 Å². The molecule has 102 valence electrons. The van der Waals surface area contributed by atoms with E-state index in [1.54, 1.807) is 0 Å². The van der Waals surface area contributed by atoms with Crippen LogP contribution in [-0.2, 0) is 9.53 Å². The van der Waals surface area contributed by atoms with E-state index in [0.29, 0.717) is 17.7 Å². The predicted octanol–water partition coefficient (Wildman–Crippen LogP) is 1.23. The first-order chi connectivity index (χ1) is 8.63. The Labute approximate surface area is 112 Å². The van der Waals surface area contributed by atoms with Crippen LogP contribution in [0, 0.1) is 0 Å². The highest BCUT2D eigenvalue weighted by Gasteiger charge is 2.46. The van der Waals surface area contributed by atoms with Gasteiger partial charge in [0.25, 0.3) is 0 Å². The number of likely N-dealkylation sites (N-methyl/N-ethyl adjacent to an activating group) is 1. The number of fused-ring (bicyclic) bond motifs is 1. The number of nitrogens with one attached hydrogen (secondary N) is 1. The Hall–Kier alpha value is -0.910. The fraction of sp³-hybridized carbons (Fsp3) is 0.833. The van der Waals surface area contributed by atoms with Crippen molar-refractivity contribution in [3.63, 3.8) is 0 Å². The predicted molar refractivity (Wildman–Crippen MR) is 70.6 cm³/mol. The molecule has 3 atom stereocenters. The Morgan fingerprint density at radius 2 is 2.33 bits per heavy atom. The number of urea groups is 1. The van der Waals surface area contributed by atoms with Crippen molar-refractivity contribution in [2.24, 2.45) is 0 Å². The van der Waals surface area contributed by atoms with Crippen LogP contribution in [0.3, 0.4) is 0 Å². The molecule has 6 heteroatoms. The number of esters is 1. The van der Waals surface area contributed by atoms with Gasteiger partial charge in [-0.15, -0.1) is 0 Å². The van der Waals surface area contributed by atoms with Gasteiger partial charge in [0.15, 0.2) is 0 Å². The molecule has 18 heavy (non-hydrogen) atoms. The van der Waals surface area contributed by atoms with Gasteiger partial charge in [0.05, 0.1) is 19.2 Å². The standard InChI is InChI=1S/C12H20N2O3S/c1-14-8-7-18-9(11(8)13-12(14)16)5-3-4-6-10(15)17-2/h8-9,11H,3-7H2,1-2H3,(H,13,16)/t8?,9-,11?/m0/s1. The lowest BCUT2D eigenvalue weighted by atomic mass is 10.0. The van der Waals surface area contributed by atoms with Gasteiger partial charge < -0.3 is 15.0 Å². The normalized spacial score (nSPS) is 30.2. The molecule has 0 radical (unpaired) electrons. The second-order valence-corrected chi connectivity index (χ2v) is 6.12. The van der Waals surface area contributed by atoms with Crippen LogP contribution in [0.5, 0.6) is 0 Å². The SMILES string of the molecule is COC(=O)CCCC[C@@H]1SCC2C1NC(=O)N2C. The summed E-state index contributed by atoms with van der Waals surface area (Å²) in [5.74, 6) is 0.877. The van der Waals surface area contributed by atoms with E-state index in [-0.39, 0.29) is 18.0 Å². The van der Waals surface area contributed by atoms with E-state index in [0.717, 1.165) is 25.0 Å². The molecular weight excluding hydrogens is 252 g/mol. The van der Waals surface area contributed by atoms with Crippen molar-refractivity contribution in [3.8, 4) is 0 Å². The lowest BCUT2D eigenvalue weighted by Crippen LogP contribution is -2.37. The molecule has 0 aromatic carbocycles. The zero-order chi connectivity index (χ0) is 13.1. The van der Waals surface area contributed by atoms with Crippen LogP contribution in [0.15, 0.2) is 0 Å². The van der Waals surface area contributed by atoms with E-state index in [1.807, 2.05) is 23.7 Å². The third kappa shape index (κ3) is 2.74. The van der Waals surface area contributed by atoms with Gasteiger partial charge >= 0.3 is 12.0 Å². The molecule has 2 unspecified atom stereocenters. The van der Waals surface area contributed by atoms with Gasteiger partial charge in [-0.1, -0.05) is 6.42 Å². The maximum atomic E-state index is 11.5. The second kappa shape index (κ2) is 5.82. The van der Waals surface area contributed by atoms with Crippen molar-refractivity contribution in [1.29, 1.82) is 0 Å². The summed E-state index contributed by atoms with van der Waals surface area (Å²) in [6, 6.07) is 0.670. The molecule has 2 aliphatic heterocycles. The molecule has 0 bridgehead atoms. The van der Waals surface area contributed by atoms with Gasteiger partial charge in [-0.3, -0.25) is 4.79 Å².